The Morgan fingerprint density at radius 1 is 1.35 bits per heavy atom. The summed E-state index contributed by atoms with van der Waals surface area (Å²) >= 11 is 0. The van der Waals surface area contributed by atoms with E-state index in [1.807, 2.05) is 32.9 Å². The average molecular weight is 235 g/mol. The number of nitrogens with one attached hydrogen (secondary N) is 1. The maximum atomic E-state index is 11.5. The number of carbonyl (C=O) groups is 1. The lowest BCUT2D eigenvalue weighted by molar-refractivity contribution is 0.0945. The minimum absolute atomic E-state index is 0.0497. The van der Waals surface area contributed by atoms with Crippen LogP contribution in [0, 0.1) is 0 Å². The molecule has 0 fully saturated rings. The van der Waals surface area contributed by atoms with Gasteiger partial charge in [0.15, 0.2) is 0 Å². The first-order valence-corrected chi connectivity index (χ1v) is 5.80. The van der Waals surface area contributed by atoms with E-state index in [0.29, 0.717) is 5.56 Å². The van der Waals surface area contributed by atoms with Crippen molar-refractivity contribution in [3.63, 3.8) is 0 Å². The van der Waals surface area contributed by atoms with Gasteiger partial charge in [0, 0.05) is 12.1 Å². The smallest absolute Gasteiger partial charge is 0.251 e. The van der Waals surface area contributed by atoms with Gasteiger partial charge in [0.05, 0.1) is 6.61 Å². The van der Waals surface area contributed by atoms with Gasteiger partial charge in [-0.3, -0.25) is 4.79 Å². The van der Waals surface area contributed by atoms with Gasteiger partial charge in [-0.2, -0.15) is 0 Å². The number of amides is 1. The van der Waals surface area contributed by atoms with E-state index in [-0.39, 0.29) is 19.1 Å². The molecule has 0 saturated carbocycles. The Balaban J connectivity index is 0.00000121. The Bertz CT molecular complexity index is 372. The molecule has 0 heterocycles. The average Bonchev–Trinajstić information content (AvgIpc) is 2.38. The molecule has 17 heavy (non-hydrogen) atoms. The summed E-state index contributed by atoms with van der Waals surface area (Å²) in [5.74, 6) is -0.174. The molecular weight excluding hydrogens is 214 g/mol. The van der Waals surface area contributed by atoms with Gasteiger partial charge >= 0.3 is 0 Å². The summed E-state index contributed by atoms with van der Waals surface area (Å²) in [7, 11) is 0. The van der Waals surface area contributed by atoms with Crippen molar-refractivity contribution in [1.82, 2.24) is 5.32 Å². The lowest BCUT2D eigenvalue weighted by Gasteiger charge is -2.05. The van der Waals surface area contributed by atoms with Crippen molar-refractivity contribution in [2.45, 2.75) is 20.8 Å². The maximum Gasteiger partial charge on any atom is 0.251 e. The van der Waals surface area contributed by atoms with E-state index >= 15 is 0 Å². The van der Waals surface area contributed by atoms with Crippen LogP contribution in [0.4, 0.5) is 0 Å². The molecule has 94 valence electrons. The van der Waals surface area contributed by atoms with Crippen LogP contribution in [0.25, 0.3) is 5.57 Å². The Morgan fingerprint density at radius 3 is 2.47 bits per heavy atom. The second-order valence-electron chi connectivity index (χ2n) is 3.34. The van der Waals surface area contributed by atoms with E-state index in [2.05, 4.69) is 11.9 Å². The minimum atomic E-state index is -0.174. The van der Waals surface area contributed by atoms with E-state index in [1.165, 1.54) is 0 Å². The number of hydrogen-bond donors (Lipinski definition) is 2. The highest BCUT2D eigenvalue weighted by Gasteiger charge is 2.04. The van der Waals surface area contributed by atoms with Gasteiger partial charge in [-0.25, -0.2) is 0 Å². The van der Waals surface area contributed by atoms with Crippen LogP contribution in [0.15, 0.2) is 30.8 Å². The van der Waals surface area contributed by atoms with E-state index in [1.54, 1.807) is 12.1 Å². The standard InChI is InChI=1S/C12H15NO2.C2H6/c1-9(2)10-4-3-5-11(8-10)12(15)13-6-7-14;1-2/h3-5,8,14H,1,6-7H2,2H3,(H,13,15);1-2H3. The van der Waals surface area contributed by atoms with Crippen molar-refractivity contribution in [2.75, 3.05) is 13.2 Å². The first kappa shape index (κ1) is 15.4. The van der Waals surface area contributed by atoms with Crippen LogP contribution >= 0.6 is 0 Å². The monoisotopic (exact) mass is 235 g/mol. The van der Waals surface area contributed by atoms with Crippen molar-refractivity contribution in [3.05, 3.63) is 42.0 Å². The summed E-state index contributed by atoms with van der Waals surface area (Å²) in [6, 6.07) is 7.25. The molecule has 0 radical (unpaired) electrons. The third kappa shape index (κ3) is 5.31. The van der Waals surface area contributed by atoms with Crippen molar-refractivity contribution in [3.8, 4) is 0 Å². The second-order valence-corrected chi connectivity index (χ2v) is 3.34. The number of aliphatic hydroxyl groups is 1. The Hall–Kier alpha value is -1.61. The fourth-order valence-electron chi connectivity index (χ4n) is 1.20. The highest BCUT2D eigenvalue weighted by molar-refractivity contribution is 5.94. The Morgan fingerprint density at radius 2 is 1.94 bits per heavy atom. The van der Waals surface area contributed by atoms with Crippen molar-refractivity contribution < 1.29 is 9.90 Å². The molecule has 0 aliphatic carbocycles. The highest BCUT2D eigenvalue weighted by atomic mass is 16.3. The predicted octanol–water partition coefficient (Wildman–Crippen LogP) is 2.47. The van der Waals surface area contributed by atoms with Crippen LogP contribution in [-0.4, -0.2) is 24.2 Å². The van der Waals surface area contributed by atoms with E-state index in [4.69, 9.17) is 5.11 Å². The zero-order valence-corrected chi connectivity index (χ0v) is 10.8. The van der Waals surface area contributed by atoms with Gasteiger partial charge in [0.1, 0.15) is 0 Å². The quantitative estimate of drug-likeness (QED) is 0.842. The van der Waals surface area contributed by atoms with Gasteiger partial charge in [0.2, 0.25) is 0 Å². The van der Waals surface area contributed by atoms with Gasteiger partial charge in [0.25, 0.3) is 5.91 Å². The summed E-state index contributed by atoms with van der Waals surface area (Å²) in [5.41, 5.74) is 2.46. The molecule has 3 nitrogen and oxygen atoms in total. The molecule has 1 amide bonds. The van der Waals surface area contributed by atoms with Gasteiger partial charge in [-0.05, 0) is 24.6 Å². The molecule has 1 aromatic carbocycles. The van der Waals surface area contributed by atoms with Gasteiger partial charge < -0.3 is 10.4 Å². The fraction of sp³-hybridized carbons (Fsp3) is 0.357. The van der Waals surface area contributed by atoms with Crippen LogP contribution in [0.1, 0.15) is 36.7 Å². The van der Waals surface area contributed by atoms with E-state index < -0.39 is 0 Å². The number of carbonyl (C=O) groups excluding carboxylic acids is 1. The summed E-state index contributed by atoms with van der Waals surface area (Å²) in [4.78, 5) is 11.5. The van der Waals surface area contributed by atoms with Crippen LogP contribution in [-0.2, 0) is 0 Å². The fourth-order valence-corrected chi connectivity index (χ4v) is 1.20. The maximum absolute atomic E-state index is 11.5. The van der Waals surface area contributed by atoms with Crippen molar-refractivity contribution >= 4 is 11.5 Å². The number of aliphatic hydroxyl groups excluding tert-OH is 1. The second kappa shape index (κ2) is 8.53. The molecule has 0 saturated heterocycles. The third-order valence-electron chi connectivity index (χ3n) is 2.01. The summed E-state index contributed by atoms with van der Waals surface area (Å²) in [6.07, 6.45) is 0. The predicted molar refractivity (Wildman–Crippen MR) is 71.9 cm³/mol. The first-order valence-electron chi connectivity index (χ1n) is 5.80. The molecule has 0 aromatic heterocycles. The lowest BCUT2D eigenvalue weighted by atomic mass is 10.1. The van der Waals surface area contributed by atoms with Gasteiger partial charge in [-0.1, -0.05) is 38.1 Å². The molecule has 0 aliphatic heterocycles. The molecule has 1 aromatic rings. The lowest BCUT2D eigenvalue weighted by Crippen LogP contribution is -2.26. The summed E-state index contributed by atoms with van der Waals surface area (Å²) in [5, 5.41) is 11.2. The zero-order chi connectivity index (χ0) is 13.3. The summed E-state index contributed by atoms with van der Waals surface area (Å²) in [6.45, 7) is 9.93. The van der Waals surface area contributed by atoms with Crippen LogP contribution in [0.3, 0.4) is 0 Å². The molecule has 0 unspecified atom stereocenters. The van der Waals surface area contributed by atoms with Crippen molar-refractivity contribution in [1.29, 1.82) is 0 Å². The molecule has 0 bridgehead atoms. The molecular formula is C14H21NO2. The molecule has 2 N–H and O–H groups in total. The minimum Gasteiger partial charge on any atom is -0.395 e. The molecule has 3 heteroatoms. The van der Waals surface area contributed by atoms with Crippen LogP contribution in [0.2, 0.25) is 0 Å². The number of hydrogen-bond acceptors (Lipinski definition) is 2. The number of benzene rings is 1. The topological polar surface area (TPSA) is 49.3 Å². The largest absolute Gasteiger partial charge is 0.395 e. The SMILES string of the molecule is C=C(C)c1cccc(C(=O)NCCO)c1.CC. The zero-order valence-electron chi connectivity index (χ0n) is 10.8. The number of rotatable bonds is 4. The molecule has 0 aliphatic rings. The van der Waals surface area contributed by atoms with Gasteiger partial charge in [-0.15, -0.1) is 0 Å². The Labute approximate surface area is 103 Å². The molecule has 0 atom stereocenters. The van der Waals surface area contributed by atoms with E-state index in [0.717, 1.165) is 11.1 Å². The highest BCUT2D eigenvalue weighted by Crippen LogP contribution is 2.13. The molecule has 1 rings (SSSR count). The van der Waals surface area contributed by atoms with Crippen LogP contribution < -0.4 is 5.32 Å². The number of allylic oxidation sites excluding steroid dienone is 1. The normalized spacial score (nSPS) is 8.94. The van der Waals surface area contributed by atoms with E-state index in [9.17, 15) is 4.79 Å². The molecule has 0 spiro atoms. The Kier molecular flexibility index (Phi) is 7.72. The third-order valence-corrected chi connectivity index (χ3v) is 2.01. The van der Waals surface area contributed by atoms with Crippen LogP contribution in [0.5, 0.6) is 0 Å². The first-order chi connectivity index (χ1) is 8.15. The summed E-state index contributed by atoms with van der Waals surface area (Å²) < 4.78 is 0. The van der Waals surface area contributed by atoms with Crippen molar-refractivity contribution in [2.24, 2.45) is 0 Å².